The van der Waals surface area contributed by atoms with Gasteiger partial charge in [0, 0.05) is 25.9 Å². The summed E-state index contributed by atoms with van der Waals surface area (Å²) in [4.78, 5) is 2.37. The zero-order valence-electron chi connectivity index (χ0n) is 33.0. The maximum absolute atomic E-state index is 6.74. The van der Waals surface area contributed by atoms with Crippen LogP contribution in [0.5, 0.6) is 0 Å². The van der Waals surface area contributed by atoms with Gasteiger partial charge in [0.1, 0.15) is 12.2 Å². The molecule has 49 heavy (non-hydrogen) atoms. The maximum atomic E-state index is 6.74. The molecule has 3 aliphatic rings. The van der Waals surface area contributed by atoms with Gasteiger partial charge in [-0.05, 0) is 95.9 Å². The molecule has 2 atom stereocenters. The van der Waals surface area contributed by atoms with E-state index >= 15 is 0 Å². The van der Waals surface area contributed by atoms with Crippen LogP contribution in [-0.2, 0) is 9.47 Å². The van der Waals surface area contributed by atoms with Crippen LogP contribution in [0, 0.1) is 5.41 Å². The third kappa shape index (κ3) is 18.2. The number of unbranched alkanes of at least 4 members (excludes halogenated alkanes) is 18. The zero-order valence-corrected chi connectivity index (χ0v) is 33.0. The van der Waals surface area contributed by atoms with E-state index < -0.39 is 0 Å². The van der Waals surface area contributed by atoms with Gasteiger partial charge >= 0.3 is 0 Å². The standard InChI is InChI=1S/C46H81NO2/c1-4-6-8-10-12-14-16-18-20-22-24-26-28-30-32-34-36-45(38-39-46(42-45)48-43-40-47(3)41-44(43)49-46)37-35-33-31-29-27-25-23-21-19-17-15-13-11-9-7-5-2/h12-15,18-21,43-44H,4-11,16-17,22-42H2,1-3H3/b14-12-,15-13-,20-18-,21-19-/t43-,44-/m0/s1. The molecule has 2 saturated heterocycles. The van der Waals surface area contributed by atoms with Crippen molar-refractivity contribution in [3.8, 4) is 0 Å². The third-order valence-electron chi connectivity index (χ3n) is 11.6. The fourth-order valence-corrected chi connectivity index (χ4v) is 8.66. The van der Waals surface area contributed by atoms with Crippen LogP contribution in [-0.4, -0.2) is 43.0 Å². The number of ether oxygens (including phenoxy) is 2. The predicted molar refractivity (Wildman–Crippen MR) is 214 cm³/mol. The van der Waals surface area contributed by atoms with Crippen molar-refractivity contribution < 1.29 is 9.47 Å². The molecule has 0 aromatic carbocycles. The Kier molecular flexibility index (Phi) is 22.9. The van der Waals surface area contributed by atoms with E-state index in [4.69, 9.17) is 9.47 Å². The van der Waals surface area contributed by atoms with Gasteiger partial charge in [0.15, 0.2) is 5.79 Å². The van der Waals surface area contributed by atoms with Crippen LogP contribution in [0.25, 0.3) is 0 Å². The van der Waals surface area contributed by atoms with Gasteiger partial charge in [0.2, 0.25) is 0 Å². The Morgan fingerprint density at radius 3 is 1.31 bits per heavy atom. The normalized spacial score (nSPS) is 22.0. The molecule has 0 unspecified atom stereocenters. The lowest BCUT2D eigenvalue weighted by Crippen LogP contribution is -2.33. The number of likely N-dealkylation sites (N-methyl/N-ethyl adjacent to an activating group) is 1. The Morgan fingerprint density at radius 2 is 0.878 bits per heavy atom. The van der Waals surface area contributed by atoms with Crippen LogP contribution in [0.1, 0.15) is 200 Å². The van der Waals surface area contributed by atoms with Gasteiger partial charge in [-0.25, -0.2) is 0 Å². The predicted octanol–water partition coefficient (Wildman–Crippen LogP) is 14.0. The summed E-state index contributed by atoms with van der Waals surface area (Å²) in [6.45, 7) is 6.63. The summed E-state index contributed by atoms with van der Waals surface area (Å²) in [7, 11) is 2.20. The lowest BCUT2D eigenvalue weighted by Gasteiger charge is -2.32. The summed E-state index contributed by atoms with van der Waals surface area (Å²) < 4.78 is 13.5. The third-order valence-corrected chi connectivity index (χ3v) is 11.6. The van der Waals surface area contributed by atoms with Gasteiger partial charge in [-0.15, -0.1) is 0 Å². The largest absolute Gasteiger partial charge is 0.343 e. The second kappa shape index (κ2) is 26.6. The summed E-state index contributed by atoms with van der Waals surface area (Å²) in [6, 6.07) is 0. The lowest BCUT2D eigenvalue weighted by atomic mass is 9.76. The molecule has 0 aromatic rings. The van der Waals surface area contributed by atoms with Crippen LogP contribution in [0.15, 0.2) is 48.6 Å². The molecule has 3 nitrogen and oxygen atoms in total. The molecule has 282 valence electrons. The number of rotatable bonds is 30. The van der Waals surface area contributed by atoms with E-state index in [-0.39, 0.29) is 5.79 Å². The van der Waals surface area contributed by atoms with E-state index in [0.29, 0.717) is 17.6 Å². The number of fused-ring (bicyclic) bond motifs is 1. The Balaban J connectivity index is 1.26. The van der Waals surface area contributed by atoms with Crippen LogP contribution < -0.4 is 0 Å². The fourth-order valence-electron chi connectivity index (χ4n) is 8.66. The second-order valence-corrected chi connectivity index (χ2v) is 16.3. The van der Waals surface area contributed by atoms with E-state index in [2.05, 4.69) is 74.4 Å². The first-order valence-corrected chi connectivity index (χ1v) is 21.7. The summed E-state index contributed by atoms with van der Waals surface area (Å²) >= 11 is 0. The minimum absolute atomic E-state index is 0.271. The molecule has 0 aromatic heterocycles. The number of hydrogen-bond acceptors (Lipinski definition) is 3. The molecule has 2 aliphatic heterocycles. The Bertz CT molecular complexity index is 856. The van der Waals surface area contributed by atoms with Crippen molar-refractivity contribution in [2.75, 3.05) is 20.1 Å². The highest BCUT2D eigenvalue weighted by molar-refractivity contribution is 5.02. The van der Waals surface area contributed by atoms with Gasteiger partial charge < -0.3 is 14.4 Å². The van der Waals surface area contributed by atoms with Crippen molar-refractivity contribution >= 4 is 0 Å². The van der Waals surface area contributed by atoms with Crippen molar-refractivity contribution in [3.05, 3.63) is 48.6 Å². The van der Waals surface area contributed by atoms with Crippen LogP contribution >= 0.6 is 0 Å². The smallest absolute Gasteiger partial charge is 0.169 e. The first-order valence-electron chi connectivity index (χ1n) is 21.7. The Labute approximate surface area is 305 Å². The summed E-state index contributed by atoms with van der Waals surface area (Å²) in [6.07, 6.45) is 57.8. The Morgan fingerprint density at radius 1 is 0.490 bits per heavy atom. The molecule has 3 fully saturated rings. The van der Waals surface area contributed by atoms with Gasteiger partial charge in [-0.2, -0.15) is 0 Å². The topological polar surface area (TPSA) is 21.7 Å². The zero-order chi connectivity index (χ0) is 34.7. The van der Waals surface area contributed by atoms with Crippen LogP contribution in [0.4, 0.5) is 0 Å². The molecule has 1 saturated carbocycles. The summed E-state index contributed by atoms with van der Waals surface area (Å²) in [5.74, 6) is -0.271. The SMILES string of the molecule is CCCCC/C=C\C/C=C\CCCCCCCCC1(CCCCCCCC/C=C\C/C=C\CCCCC)CCC2(C1)O[C@H]1CN(C)C[C@@H]1O2. The molecule has 2 heterocycles. The molecule has 1 aliphatic carbocycles. The first kappa shape index (κ1) is 42.3. The number of allylic oxidation sites excluding steroid dienone is 8. The van der Waals surface area contributed by atoms with Crippen molar-refractivity contribution in [3.63, 3.8) is 0 Å². The molecule has 0 bridgehead atoms. The van der Waals surface area contributed by atoms with Crippen molar-refractivity contribution in [2.24, 2.45) is 5.41 Å². The second-order valence-electron chi connectivity index (χ2n) is 16.3. The monoisotopic (exact) mass is 680 g/mol. The maximum Gasteiger partial charge on any atom is 0.169 e. The highest BCUT2D eigenvalue weighted by Gasteiger charge is 2.57. The highest BCUT2D eigenvalue weighted by atomic mass is 16.8. The van der Waals surface area contributed by atoms with Gasteiger partial charge in [-0.1, -0.05) is 152 Å². The minimum atomic E-state index is -0.271. The van der Waals surface area contributed by atoms with Crippen molar-refractivity contribution in [2.45, 2.75) is 218 Å². The van der Waals surface area contributed by atoms with E-state index in [9.17, 15) is 0 Å². The molecular formula is C46H81NO2. The minimum Gasteiger partial charge on any atom is -0.343 e. The molecule has 3 rings (SSSR count). The molecule has 0 amide bonds. The average molecular weight is 680 g/mol. The Hall–Kier alpha value is -1.16. The average Bonchev–Trinajstić information content (AvgIpc) is 3.73. The highest BCUT2D eigenvalue weighted by Crippen LogP contribution is 2.56. The molecule has 0 N–H and O–H groups in total. The first-order chi connectivity index (χ1) is 24.1. The van der Waals surface area contributed by atoms with Gasteiger partial charge in [0.25, 0.3) is 0 Å². The van der Waals surface area contributed by atoms with E-state index in [1.54, 1.807) is 0 Å². The van der Waals surface area contributed by atoms with Crippen molar-refractivity contribution in [1.82, 2.24) is 4.90 Å². The van der Waals surface area contributed by atoms with Crippen LogP contribution in [0.3, 0.4) is 0 Å². The molecule has 0 radical (unpaired) electrons. The number of likely N-dealkylation sites (tertiary alicyclic amines) is 1. The molecule has 1 spiro atoms. The summed E-state index contributed by atoms with van der Waals surface area (Å²) in [5, 5.41) is 0. The van der Waals surface area contributed by atoms with E-state index in [1.165, 1.54) is 161 Å². The van der Waals surface area contributed by atoms with Gasteiger partial charge in [-0.3, -0.25) is 0 Å². The molecule has 3 heteroatoms. The number of hydrogen-bond donors (Lipinski definition) is 0. The quantitative estimate of drug-likeness (QED) is 0.0557. The summed E-state index contributed by atoms with van der Waals surface area (Å²) in [5.41, 5.74) is 0.440. The van der Waals surface area contributed by atoms with E-state index in [1.807, 2.05) is 0 Å². The van der Waals surface area contributed by atoms with Gasteiger partial charge in [0.05, 0.1) is 0 Å². The fraction of sp³-hybridized carbons (Fsp3) is 0.826. The van der Waals surface area contributed by atoms with E-state index in [0.717, 1.165) is 38.8 Å². The lowest BCUT2D eigenvalue weighted by molar-refractivity contribution is -0.183. The number of nitrogens with zero attached hydrogens (tertiary/aromatic N) is 1. The van der Waals surface area contributed by atoms with Crippen LogP contribution in [0.2, 0.25) is 0 Å². The molecular weight excluding hydrogens is 599 g/mol. The van der Waals surface area contributed by atoms with Crippen molar-refractivity contribution in [1.29, 1.82) is 0 Å².